The number of aliphatic hydroxyl groups excluding tert-OH is 1. The number of β-lactam (4-membered cyclic amide) rings is 1. The van der Waals surface area contributed by atoms with E-state index in [4.69, 9.17) is 0 Å². The van der Waals surface area contributed by atoms with Crippen molar-refractivity contribution in [3.8, 4) is 0 Å². The first-order valence-electron chi connectivity index (χ1n) is 9.39. The Morgan fingerprint density at radius 1 is 1.20 bits per heavy atom. The van der Waals surface area contributed by atoms with Gasteiger partial charge in [0.05, 0.1) is 18.1 Å². The molecule has 3 fully saturated rings. The molecule has 7 heteroatoms. The number of rotatable bonds is 4. The number of aliphatic hydroxyl groups is 1. The molecule has 3 heterocycles. The van der Waals surface area contributed by atoms with E-state index in [0.29, 0.717) is 13.0 Å². The quantitative estimate of drug-likeness (QED) is 0.735. The fourth-order valence-electron chi connectivity index (χ4n) is 4.47. The minimum Gasteiger partial charge on any atom is -0.393 e. The van der Waals surface area contributed by atoms with E-state index in [0.717, 1.165) is 32.4 Å². The van der Waals surface area contributed by atoms with Crippen molar-refractivity contribution >= 4 is 17.7 Å². The Bertz CT molecular complexity index is 573. The number of carbonyl (C=O) groups is 3. The number of amides is 3. The van der Waals surface area contributed by atoms with Gasteiger partial charge in [-0.15, -0.1) is 0 Å². The third kappa shape index (κ3) is 2.72. The lowest BCUT2D eigenvalue weighted by atomic mass is 9.76. The summed E-state index contributed by atoms with van der Waals surface area (Å²) in [6.45, 7) is 7.42. The van der Waals surface area contributed by atoms with Crippen LogP contribution < -0.4 is 0 Å². The van der Waals surface area contributed by atoms with Gasteiger partial charge < -0.3 is 19.8 Å². The first-order valence-corrected chi connectivity index (χ1v) is 9.39. The van der Waals surface area contributed by atoms with Crippen molar-refractivity contribution in [1.82, 2.24) is 14.7 Å². The van der Waals surface area contributed by atoms with Gasteiger partial charge in [-0.2, -0.15) is 0 Å². The summed E-state index contributed by atoms with van der Waals surface area (Å²) in [6.07, 6.45) is 2.72. The molecule has 2 unspecified atom stereocenters. The Kier molecular flexibility index (Phi) is 4.79. The largest absolute Gasteiger partial charge is 0.393 e. The van der Waals surface area contributed by atoms with Crippen molar-refractivity contribution in [2.24, 2.45) is 5.92 Å². The van der Waals surface area contributed by atoms with Crippen molar-refractivity contribution in [2.75, 3.05) is 26.2 Å². The minimum absolute atomic E-state index is 0.000715. The van der Waals surface area contributed by atoms with E-state index in [1.54, 1.807) is 23.6 Å². The van der Waals surface area contributed by atoms with Crippen LogP contribution in [-0.2, 0) is 14.4 Å². The van der Waals surface area contributed by atoms with Gasteiger partial charge in [-0.1, -0.05) is 6.92 Å². The number of nitrogens with zero attached hydrogens (tertiary/aromatic N) is 3. The molecule has 3 rings (SSSR count). The van der Waals surface area contributed by atoms with Gasteiger partial charge in [0.2, 0.25) is 11.8 Å². The summed E-state index contributed by atoms with van der Waals surface area (Å²) in [6, 6.07) is -0.167. The molecule has 0 saturated carbocycles. The van der Waals surface area contributed by atoms with Gasteiger partial charge in [-0.05, 0) is 39.5 Å². The average Bonchev–Trinajstić information content (AvgIpc) is 3.27. The van der Waals surface area contributed by atoms with E-state index >= 15 is 0 Å². The smallest absolute Gasteiger partial charge is 0.251 e. The van der Waals surface area contributed by atoms with Crippen molar-refractivity contribution in [3.05, 3.63) is 0 Å². The fourth-order valence-corrected chi connectivity index (χ4v) is 4.47. The zero-order valence-electron chi connectivity index (χ0n) is 15.4. The Morgan fingerprint density at radius 2 is 1.84 bits per heavy atom. The highest BCUT2D eigenvalue weighted by molar-refractivity contribution is 6.00. The number of carbonyl (C=O) groups excluding carboxylic acids is 3. The highest BCUT2D eigenvalue weighted by Crippen LogP contribution is 2.44. The van der Waals surface area contributed by atoms with Gasteiger partial charge in [-0.25, -0.2) is 0 Å². The van der Waals surface area contributed by atoms with Crippen LogP contribution in [0.25, 0.3) is 0 Å². The van der Waals surface area contributed by atoms with Crippen LogP contribution in [0.15, 0.2) is 0 Å². The first kappa shape index (κ1) is 18.2. The Balaban J connectivity index is 1.71. The number of hydrogen-bond donors (Lipinski definition) is 1. The second kappa shape index (κ2) is 6.59. The van der Waals surface area contributed by atoms with Gasteiger partial charge in [0.15, 0.2) is 0 Å². The highest BCUT2D eigenvalue weighted by atomic mass is 16.3. The SMILES string of the molecule is CC1N(CC(=O)N2CCCC2)C(=O)C12CCCN2C(=O)[C@@H](C)[C@@H](C)O. The van der Waals surface area contributed by atoms with E-state index in [1.165, 1.54) is 0 Å². The van der Waals surface area contributed by atoms with Crippen LogP contribution >= 0.6 is 0 Å². The summed E-state index contributed by atoms with van der Waals surface area (Å²) >= 11 is 0. The number of likely N-dealkylation sites (tertiary alicyclic amines) is 3. The van der Waals surface area contributed by atoms with Crippen molar-refractivity contribution in [1.29, 1.82) is 0 Å². The molecule has 1 N–H and O–H groups in total. The maximum atomic E-state index is 13.0. The third-order valence-electron chi connectivity index (χ3n) is 6.35. The molecule has 7 nitrogen and oxygen atoms in total. The maximum Gasteiger partial charge on any atom is 0.251 e. The topological polar surface area (TPSA) is 81.2 Å². The zero-order valence-corrected chi connectivity index (χ0v) is 15.4. The third-order valence-corrected chi connectivity index (χ3v) is 6.35. The van der Waals surface area contributed by atoms with E-state index in [2.05, 4.69) is 0 Å². The standard InChI is InChI=1S/C18H29N3O4/c1-12(13(2)22)16(24)21-10-6-7-18(21)14(3)20(17(18)25)11-15(23)19-8-4-5-9-19/h12-14,22H,4-11H2,1-3H3/t12-,13+,14?,18?/m0/s1. The Hall–Kier alpha value is -1.63. The molecule has 3 aliphatic rings. The van der Waals surface area contributed by atoms with Gasteiger partial charge in [-0.3, -0.25) is 14.4 Å². The molecule has 0 aliphatic carbocycles. The van der Waals surface area contributed by atoms with E-state index in [1.807, 2.05) is 11.8 Å². The molecule has 3 aliphatic heterocycles. The van der Waals surface area contributed by atoms with Crippen molar-refractivity contribution in [3.63, 3.8) is 0 Å². The van der Waals surface area contributed by atoms with Crippen LogP contribution in [0.1, 0.15) is 46.5 Å². The van der Waals surface area contributed by atoms with Crippen LogP contribution in [0.3, 0.4) is 0 Å². The molecule has 0 radical (unpaired) electrons. The van der Waals surface area contributed by atoms with Crippen molar-refractivity contribution < 1.29 is 19.5 Å². The molecule has 3 saturated heterocycles. The molecule has 0 aromatic heterocycles. The molecule has 3 amide bonds. The van der Waals surface area contributed by atoms with Crippen LogP contribution in [-0.4, -0.2) is 81.4 Å². The molecule has 25 heavy (non-hydrogen) atoms. The normalized spacial score (nSPS) is 31.4. The second-order valence-electron chi connectivity index (χ2n) is 7.74. The Labute approximate surface area is 148 Å². The summed E-state index contributed by atoms with van der Waals surface area (Å²) in [7, 11) is 0. The van der Waals surface area contributed by atoms with Crippen LogP contribution in [0, 0.1) is 5.92 Å². The van der Waals surface area contributed by atoms with Crippen LogP contribution in [0.2, 0.25) is 0 Å². The van der Waals surface area contributed by atoms with E-state index < -0.39 is 17.6 Å². The summed E-state index contributed by atoms with van der Waals surface area (Å²) < 4.78 is 0. The fraction of sp³-hybridized carbons (Fsp3) is 0.833. The Morgan fingerprint density at radius 3 is 2.40 bits per heavy atom. The predicted octanol–water partition coefficient (Wildman–Crippen LogP) is 0.218. The zero-order chi connectivity index (χ0) is 18.4. The van der Waals surface area contributed by atoms with Gasteiger partial charge >= 0.3 is 0 Å². The molecular weight excluding hydrogens is 322 g/mol. The van der Waals surface area contributed by atoms with Crippen LogP contribution in [0.5, 0.6) is 0 Å². The van der Waals surface area contributed by atoms with Gasteiger partial charge in [0.1, 0.15) is 12.1 Å². The molecule has 140 valence electrons. The number of hydrogen-bond acceptors (Lipinski definition) is 4. The summed E-state index contributed by atoms with van der Waals surface area (Å²) in [5, 5.41) is 9.74. The van der Waals surface area contributed by atoms with E-state index in [-0.39, 0.29) is 30.3 Å². The lowest BCUT2D eigenvalue weighted by Crippen LogP contribution is -2.79. The van der Waals surface area contributed by atoms with Crippen molar-refractivity contribution in [2.45, 2.75) is 64.1 Å². The summed E-state index contributed by atoms with van der Waals surface area (Å²) in [5.74, 6) is -0.814. The van der Waals surface area contributed by atoms with E-state index in [9.17, 15) is 19.5 Å². The lowest BCUT2D eigenvalue weighted by Gasteiger charge is -2.57. The summed E-state index contributed by atoms with van der Waals surface area (Å²) in [4.78, 5) is 43.2. The molecule has 4 atom stereocenters. The molecule has 0 aromatic carbocycles. The molecule has 1 spiro atoms. The minimum atomic E-state index is -0.814. The van der Waals surface area contributed by atoms with Gasteiger partial charge in [0.25, 0.3) is 5.91 Å². The summed E-state index contributed by atoms with van der Waals surface area (Å²) in [5.41, 5.74) is -0.814. The molecular formula is C18H29N3O4. The second-order valence-corrected chi connectivity index (χ2v) is 7.74. The highest BCUT2D eigenvalue weighted by Gasteiger charge is 2.65. The van der Waals surface area contributed by atoms with Gasteiger partial charge in [0, 0.05) is 19.6 Å². The average molecular weight is 351 g/mol. The molecule has 0 aromatic rings. The maximum absolute atomic E-state index is 13.0. The van der Waals surface area contributed by atoms with Crippen LogP contribution in [0.4, 0.5) is 0 Å². The monoisotopic (exact) mass is 351 g/mol. The molecule has 0 bridgehead atoms. The first-order chi connectivity index (χ1) is 11.8. The predicted molar refractivity (Wildman–Crippen MR) is 91.5 cm³/mol. The lowest BCUT2D eigenvalue weighted by molar-refractivity contribution is -0.180.